The molecule has 0 saturated heterocycles. The average Bonchev–Trinajstić information content (AvgIpc) is 2.72. The van der Waals surface area contributed by atoms with E-state index in [9.17, 15) is 0 Å². The van der Waals surface area contributed by atoms with E-state index in [-0.39, 0.29) is 6.04 Å². The minimum atomic E-state index is -0.0880. The summed E-state index contributed by atoms with van der Waals surface area (Å²) in [7, 11) is 0. The summed E-state index contributed by atoms with van der Waals surface area (Å²) in [4.78, 5) is 1.03. The van der Waals surface area contributed by atoms with E-state index in [1.165, 1.54) is 0 Å². The fourth-order valence-corrected chi connectivity index (χ4v) is 2.54. The Kier molecular flexibility index (Phi) is 2.58. The van der Waals surface area contributed by atoms with Crippen molar-refractivity contribution in [3.05, 3.63) is 33.2 Å². The third-order valence-electron chi connectivity index (χ3n) is 2.07. The largest absolute Gasteiger partial charge is 0.501 e. The van der Waals surface area contributed by atoms with E-state index in [1.54, 1.807) is 17.6 Å². The second-order valence-electron chi connectivity index (χ2n) is 2.92. The molecule has 0 spiro atoms. The van der Waals surface area contributed by atoms with Crippen LogP contribution in [0.15, 0.2) is 23.3 Å². The molecule has 0 amide bonds. The number of ether oxygens (including phenoxy) is 1. The summed E-state index contributed by atoms with van der Waals surface area (Å²) >= 11 is 7.57. The first kappa shape index (κ1) is 9.06. The zero-order chi connectivity index (χ0) is 9.26. The first-order valence-electron chi connectivity index (χ1n) is 4.08. The molecule has 0 fully saturated rings. The highest BCUT2D eigenvalue weighted by Gasteiger charge is 2.19. The van der Waals surface area contributed by atoms with Gasteiger partial charge in [0.2, 0.25) is 0 Å². The first-order chi connectivity index (χ1) is 6.29. The van der Waals surface area contributed by atoms with E-state index in [2.05, 4.69) is 0 Å². The fraction of sp³-hybridized carbons (Fsp3) is 0.333. The van der Waals surface area contributed by atoms with Crippen LogP contribution in [-0.4, -0.2) is 6.61 Å². The van der Waals surface area contributed by atoms with Crippen LogP contribution in [0, 0.1) is 0 Å². The molecule has 2 rings (SSSR count). The van der Waals surface area contributed by atoms with Gasteiger partial charge in [-0.15, -0.1) is 11.3 Å². The number of rotatable bonds is 2. The summed E-state index contributed by atoms with van der Waals surface area (Å²) in [6.45, 7) is 0.742. The minimum Gasteiger partial charge on any atom is -0.501 e. The Balaban J connectivity index is 2.21. The van der Waals surface area contributed by atoms with Crippen LogP contribution in [0.25, 0.3) is 0 Å². The van der Waals surface area contributed by atoms with Gasteiger partial charge in [0.1, 0.15) is 0 Å². The Bertz CT molecular complexity index is 334. The van der Waals surface area contributed by atoms with Gasteiger partial charge < -0.3 is 10.5 Å². The van der Waals surface area contributed by atoms with Crippen LogP contribution in [0.3, 0.4) is 0 Å². The van der Waals surface area contributed by atoms with E-state index in [0.29, 0.717) is 0 Å². The Labute approximate surface area is 86.0 Å². The van der Waals surface area contributed by atoms with Crippen LogP contribution < -0.4 is 5.73 Å². The van der Waals surface area contributed by atoms with Crippen molar-refractivity contribution in [2.24, 2.45) is 5.73 Å². The molecule has 1 aromatic rings. The molecule has 2 nitrogen and oxygen atoms in total. The molecule has 2 heterocycles. The number of hydrogen-bond acceptors (Lipinski definition) is 3. The van der Waals surface area contributed by atoms with E-state index in [1.807, 2.05) is 11.4 Å². The quantitative estimate of drug-likeness (QED) is 0.824. The number of halogens is 1. The van der Waals surface area contributed by atoms with Crippen molar-refractivity contribution in [2.45, 2.75) is 12.5 Å². The van der Waals surface area contributed by atoms with Gasteiger partial charge in [-0.1, -0.05) is 11.6 Å². The molecule has 0 saturated carbocycles. The SMILES string of the molecule is NC(C1=COCC1)c1sccc1Cl. The molecule has 2 N–H and O–H groups in total. The average molecular weight is 216 g/mol. The molecule has 0 radical (unpaired) electrons. The molecule has 1 aliphatic heterocycles. The van der Waals surface area contributed by atoms with Crippen LogP contribution in [0.5, 0.6) is 0 Å². The third kappa shape index (κ3) is 1.73. The van der Waals surface area contributed by atoms with Crippen LogP contribution >= 0.6 is 22.9 Å². The van der Waals surface area contributed by atoms with Gasteiger partial charge in [-0.2, -0.15) is 0 Å². The molecule has 4 heteroatoms. The van der Waals surface area contributed by atoms with Crippen LogP contribution in [0.4, 0.5) is 0 Å². The molecular weight excluding hydrogens is 206 g/mol. The highest BCUT2D eigenvalue weighted by molar-refractivity contribution is 7.10. The molecule has 1 atom stereocenters. The van der Waals surface area contributed by atoms with Gasteiger partial charge in [0.15, 0.2) is 0 Å². The van der Waals surface area contributed by atoms with Crippen molar-refractivity contribution < 1.29 is 4.74 Å². The minimum absolute atomic E-state index is 0.0880. The number of hydrogen-bond donors (Lipinski definition) is 1. The molecule has 0 aliphatic carbocycles. The Morgan fingerprint density at radius 1 is 1.62 bits per heavy atom. The fourth-order valence-electron chi connectivity index (χ4n) is 1.33. The van der Waals surface area contributed by atoms with Crippen molar-refractivity contribution in [1.29, 1.82) is 0 Å². The smallest absolute Gasteiger partial charge is 0.0912 e. The van der Waals surface area contributed by atoms with Gasteiger partial charge in [-0.05, 0) is 17.0 Å². The third-order valence-corrected chi connectivity index (χ3v) is 3.51. The number of thiophene rings is 1. The summed E-state index contributed by atoms with van der Waals surface area (Å²) < 4.78 is 5.14. The van der Waals surface area contributed by atoms with Crippen LogP contribution in [0.1, 0.15) is 17.3 Å². The molecule has 1 unspecified atom stereocenters. The van der Waals surface area contributed by atoms with Crippen molar-refractivity contribution in [1.82, 2.24) is 0 Å². The highest BCUT2D eigenvalue weighted by atomic mass is 35.5. The standard InChI is InChI=1S/C9H10ClNOS/c10-7-2-4-13-9(7)8(11)6-1-3-12-5-6/h2,4-5,8H,1,3,11H2. The van der Waals surface area contributed by atoms with E-state index < -0.39 is 0 Å². The van der Waals surface area contributed by atoms with Gasteiger partial charge in [0, 0.05) is 11.3 Å². The Morgan fingerprint density at radius 3 is 3.00 bits per heavy atom. The van der Waals surface area contributed by atoms with E-state index >= 15 is 0 Å². The van der Waals surface area contributed by atoms with E-state index in [0.717, 1.165) is 28.5 Å². The topological polar surface area (TPSA) is 35.2 Å². The zero-order valence-corrected chi connectivity index (χ0v) is 8.57. The molecular formula is C9H10ClNOS. The predicted octanol–water partition coefficient (Wildman–Crippen LogP) is 2.71. The number of nitrogens with two attached hydrogens (primary N) is 1. The molecule has 70 valence electrons. The summed E-state index contributed by atoms with van der Waals surface area (Å²) in [6.07, 6.45) is 2.66. The van der Waals surface area contributed by atoms with E-state index in [4.69, 9.17) is 22.1 Å². The highest BCUT2D eigenvalue weighted by Crippen LogP contribution is 2.33. The first-order valence-corrected chi connectivity index (χ1v) is 5.34. The zero-order valence-electron chi connectivity index (χ0n) is 7.00. The summed E-state index contributed by atoms with van der Waals surface area (Å²) in [5, 5.41) is 2.71. The predicted molar refractivity (Wildman–Crippen MR) is 54.9 cm³/mol. The molecule has 0 bridgehead atoms. The maximum Gasteiger partial charge on any atom is 0.0912 e. The molecule has 1 aromatic heterocycles. The molecule has 0 aromatic carbocycles. The van der Waals surface area contributed by atoms with Gasteiger partial charge in [0.05, 0.1) is 23.9 Å². The Hall–Kier alpha value is -0.510. The maximum atomic E-state index is 6.02. The maximum absolute atomic E-state index is 6.02. The summed E-state index contributed by atoms with van der Waals surface area (Å²) in [5.74, 6) is 0. The van der Waals surface area contributed by atoms with Crippen LogP contribution in [0.2, 0.25) is 5.02 Å². The van der Waals surface area contributed by atoms with Gasteiger partial charge in [-0.3, -0.25) is 0 Å². The van der Waals surface area contributed by atoms with Crippen molar-refractivity contribution in [3.63, 3.8) is 0 Å². The lowest BCUT2D eigenvalue weighted by Crippen LogP contribution is -2.11. The van der Waals surface area contributed by atoms with Gasteiger partial charge in [0.25, 0.3) is 0 Å². The normalized spacial score (nSPS) is 18.2. The Morgan fingerprint density at radius 2 is 2.46 bits per heavy atom. The monoisotopic (exact) mass is 215 g/mol. The van der Waals surface area contributed by atoms with Gasteiger partial charge in [-0.25, -0.2) is 0 Å². The summed E-state index contributed by atoms with van der Waals surface area (Å²) in [6, 6.07) is 1.78. The lowest BCUT2D eigenvalue weighted by molar-refractivity contribution is 0.281. The lowest BCUT2D eigenvalue weighted by Gasteiger charge is -2.09. The van der Waals surface area contributed by atoms with Crippen LogP contribution in [-0.2, 0) is 4.74 Å². The van der Waals surface area contributed by atoms with Crippen molar-refractivity contribution >= 4 is 22.9 Å². The van der Waals surface area contributed by atoms with Gasteiger partial charge >= 0.3 is 0 Å². The molecule has 13 heavy (non-hydrogen) atoms. The van der Waals surface area contributed by atoms with Crippen molar-refractivity contribution in [2.75, 3.05) is 6.61 Å². The second kappa shape index (κ2) is 3.70. The molecule has 1 aliphatic rings. The summed E-state index contributed by atoms with van der Waals surface area (Å²) in [5.41, 5.74) is 7.15. The second-order valence-corrected chi connectivity index (χ2v) is 4.28. The lowest BCUT2D eigenvalue weighted by atomic mass is 10.1. The van der Waals surface area contributed by atoms with Crippen molar-refractivity contribution in [3.8, 4) is 0 Å².